The number of rotatable bonds is 4. The number of oxazole rings is 1. The van der Waals surface area contributed by atoms with Gasteiger partial charge in [-0.2, -0.15) is 0 Å². The number of hydrogen-bond acceptors (Lipinski definition) is 8. The third-order valence-electron chi connectivity index (χ3n) is 9.70. The molecule has 4 atom stereocenters. The number of ether oxygens (including phenoxy) is 1. The quantitative estimate of drug-likeness (QED) is 0.126. The van der Waals surface area contributed by atoms with Crippen LogP contribution in [0.25, 0.3) is 22.6 Å². The molecule has 9 nitrogen and oxygen atoms in total. The highest BCUT2D eigenvalue weighted by Gasteiger charge is 2.57. The number of Topliss-reactive ketones (excluding diaryl/α,β-unsaturated/α-hetero) is 1. The molecule has 0 saturated carbocycles. The largest absolute Gasteiger partial charge is 0.503 e. The van der Waals surface area contributed by atoms with Crippen LogP contribution >= 0.6 is 47.8 Å². The maximum absolute atomic E-state index is 14.3. The number of phenols is 1. The molecule has 4 aromatic rings. The second-order valence-corrected chi connectivity index (χ2v) is 14.5. The van der Waals surface area contributed by atoms with Crippen LogP contribution in [0, 0.1) is 17.8 Å². The van der Waals surface area contributed by atoms with E-state index in [0.29, 0.717) is 48.4 Å². The summed E-state index contributed by atoms with van der Waals surface area (Å²) in [6.07, 6.45) is 3.63. The number of nitrogens with zero attached hydrogens (tertiary/aromatic N) is 2. The molecule has 48 heavy (non-hydrogen) atoms. The summed E-state index contributed by atoms with van der Waals surface area (Å²) >= 11 is 10.3. The minimum Gasteiger partial charge on any atom is -0.503 e. The molecule has 12 heteroatoms. The number of hydrogen-bond donors (Lipinski definition) is 1. The van der Waals surface area contributed by atoms with Gasteiger partial charge in [0.05, 0.1) is 33.6 Å². The Bertz CT molecular complexity index is 2200. The Morgan fingerprint density at radius 3 is 2.44 bits per heavy atom. The Morgan fingerprint density at radius 2 is 1.71 bits per heavy atom. The third kappa shape index (κ3) is 4.56. The van der Waals surface area contributed by atoms with Crippen molar-refractivity contribution in [3.8, 4) is 23.0 Å². The lowest BCUT2D eigenvalue weighted by Crippen LogP contribution is -2.39. The summed E-state index contributed by atoms with van der Waals surface area (Å²) in [5, 5.41) is 10.7. The number of methoxy groups -OCH3 is 1. The summed E-state index contributed by atoms with van der Waals surface area (Å²) in [7, 11) is 1.42. The van der Waals surface area contributed by atoms with E-state index in [-0.39, 0.29) is 52.2 Å². The van der Waals surface area contributed by atoms with Gasteiger partial charge in [0.15, 0.2) is 28.6 Å². The van der Waals surface area contributed by atoms with Gasteiger partial charge in [0, 0.05) is 33.2 Å². The Hall–Kier alpha value is -4.13. The highest BCUT2D eigenvalue weighted by molar-refractivity contribution is 9.13. The van der Waals surface area contributed by atoms with E-state index in [9.17, 15) is 24.3 Å². The van der Waals surface area contributed by atoms with Crippen LogP contribution in [0.2, 0.25) is 0 Å². The second kappa shape index (κ2) is 11.5. The molecular weight excluding hydrogens is 812 g/mol. The van der Waals surface area contributed by atoms with Gasteiger partial charge in [-0.15, -0.1) is 0 Å². The minimum absolute atomic E-state index is 0.129. The fourth-order valence-corrected chi connectivity index (χ4v) is 8.95. The molecule has 4 aliphatic rings. The van der Waals surface area contributed by atoms with Gasteiger partial charge in [-0.1, -0.05) is 23.8 Å². The summed E-state index contributed by atoms with van der Waals surface area (Å²) in [4.78, 5) is 61.3. The van der Waals surface area contributed by atoms with Crippen molar-refractivity contribution in [2.24, 2.45) is 17.8 Å². The first kappa shape index (κ1) is 31.2. The second-order valence-electron chi connectivity index (χ2n) is 12.1. The Labute approximate surface area is 298 Å². The van der Waals surface area contributed by atoms with E-state index in [0.717, 1.165) is 11.1 Å². The van der Waals surface area contributed by atoms with Crippen molar-refractivity contribution < 1.29 is 33.4 Å². The summed E-state index contributed by atoms with van der Waals surface area (Å²) in [6, 6.07) is 16.0. The first-order valence-electron chi connectivity index (χ1n) is 15.1. The van der Waals surface area contributed by atoms with E-state index >= 15 is 0 Å². The third-order valence-corrected chi connectivity index (χ3v) is 12.5. The summed E-state index contributed by atoms with van der Waals surface area (Å²) in [5.74, 6) is -3.51. The Balaban J connectivity index is 1.19. The average Bonchev–Trinajstić information content (AvgIpc) is 3.64. The van der Waals surface area contributed by atoms with Gasteiger partial charge in [-0.3, -0.25) is 24.1 Å². The highest BCUT2D eigenvalue weighted by atomic mass is 79.9. The van der Waals surface area contributed by atoms with Crippen LogP contribution in [-0.2, 0) is 19.2 Å². The standard InChI is InChI=1S/C36H23Br3N2O7/c1-47-26-13-20(30(38)31(39)33(26)44)27-17-10-11-18-28(19(17)12-21-29(27)24(42)14-22(37)32(21)43)36(46)41(35(18)45)16-8-6-15(7-9-16)34-40-23-4-2-3-5-25(23)48-34/h2-10,13-14,18-19,27-28,44H,11-12H2,1H3/t18-,19+,27+,28-/m0/s1. The number of benzene rings is 3. The topological polar surface area (TPSA) is 127 Å². The molecule has 240 valence electrons. The van der Waals surface area contributed by atoms with E-state index in [4.69, 9.17) is 9.15 Å². The molecule has 0 radical (unpaired) electrons. The van der Waals surface area contributed by atoms with Gasteiger partial charge < -0.3 is 14.3 Å². The summed E-state index contributed by atoms with van der Waals surface area (Å²) in [6.45, 7) is 0. The molecule has 1 fully saturated rings. The first-order chi connectivity index (χ1) is 23.1. The van der Waals surface area contributed by atoms with Gasteiger partial charge in [0.25, 0.3) is 0 Å². The number of carbonyl (C=O) groups excluding carboxylic acids is 4. The normalized spacial score (nSPS) is 23.6. The Morgan fingerprint density at radius 1 is 0.958 bits per heavy atom. The number of anilines is 1. The van der Waals surface area contributed by atoms with Crippen LogP contribution in [0.5, 0.6) is 11.5 Å². The lowest BCUT2D eigenvalue weighted by Gasteiger charge is -2.42. The van der Waals surface area contributed by atoms with Gasteiger partial charge in [0.1, 0.15) is 5.52 Å². The predicted molar refractivity (Wildman–Crippen MR) is 187 cm³/mol. The maximum atomic E-state index is 14.3. The molecule has 2 heterocycles. The molecule has 2 amide bonds. The number of fused-ring (bicyclic) bond motifs is 4. The van der Waals surface area contributed by atoms with Crippen LogP contribution < -0.4 is 9.64 Å². The van der Waals surface area contributed by atoms with Crippen LogP contribution in [0.15, 0.2) is 101 Å². The van der Waals surface area contributed by atoms with Crippen molar-refractivity contribution in [1.82, 2.24) is 4.98 Å². The number of imide groups is 1. The number of carbonyl (C=O) groups is 4. The molecule has 3 aliphatic carbocycles. The van der Waals surface area contributed by atoms with E-state index in [1.54, 1.807) is 30.3 Å². The zero-order valence-electron chi connectivity index (χ0n) is 25.0. The molecule has 1 saturated heterocycles. The number of ketones is 2. The molecule has 8 rings (SSSR count). The number of aromatic nitrogens is 1. The smallest absolute Gasteiger partial charge is 0.238 e. The zero-order valence-corrected chi connectivity index (χ0v) is 29.8. The highest BCUT2D eigenvalue weighted by Crippen LogP contribution is 2.58. The predicted octanol–water partition coefficient (Wildman–Crippen LogP) is 7.70. The molecule has 1 aliphatic heterocycles. The maximum Gasteiger partial charge on any atom is 0.238 e. The number of amides is 2. The van der Waals surface area contributed by atoms with Gasteiger partial charge >= 0.3 is 0 Å². The number of para-hydroxylation sites is 2. The molecule has 0 bridgehead atoms. The van der Waals surface area contributed by atoms with Gasteiger partial charge in [-0.25, -0.2) is 4.98 Å². The fraction of sp³-hybridized carbons (Fsp3) is 0.194. The minimum atomic E-state index is -0.750. The van der Waals surface area contributed by atoms with Gasteiger partial charge in [0.2, 0.25) is 17.7 Å². The lowest BCUT2D eigenvalue weighted by molar-refractivity contribution is -0.123. The number of aromatic hydroxyl groups is 1. The molecular formula is C36H23Br3N2O7. The van der Waals surface area contributed by atoms with Crippen LogP contribution in [0.3, 0.4) is 0 Å². The van der Waals surface area contributed by atoms with Crippen molar-refractivity contribution in [2.45, 2.75) is 18.8 Å². The number of halogens is 3. The van der Waals surface area contributed by atoms with E-state index in [2.05, 4.69) is 52.8 Å². The van der Waals surface area contributed by atoms with Crippen molar-refractivity contribution in [3.05, 3.63) is 102 Å². The van der Waals surface area contributed by atoms with Crippen LogP contribution in [0.4, 0.5) is 5.69 Å². The van der Waals surface area contributed by atoms with Crippen LogP contribution in [-0.4, -0.2) is 40.6 Å². The monoisotopic (exact) mass is 832 g/mol. The SMILES string of the molecule is COc1cc([C@H]2C3=CC[C@@H]4C(=O)N(c5ccc(-c6nc7ccccc7o6)cc5)C(=O)[C@@H]4[C@@H]3CC3=C2C(=O)C=C(Br)C3=O)c(Br)c(Br)c1O. The van der Waals surface area contributed by atoms with E-state index in [1.807, 2.05) is 30.3 Å². The summed E-state index contributed by atoms with van der Waals surface area (Å²) < 4.78 is 12.3. The van der Waals surface area contributed by atoms with Gasteiger partial charge in [-0.05, 0) is 115 Å². The van der Waals surface area contributed by atoms with Crippen molar-refractivity contribution in [3.63, 3.8) is 0 Å². The fourth-order valence-electron chi connectivity index (χ4n) is 7.54. The molecule has 1 N–H and O–H groups in total. The molecule has 1 aromatic heterocycles. The molecule has 3 aromatic carbocycles. The first-order valence-corrected chi connectivity index (χ1v) is 17.4. The van der Waals surface area contributed by atoms with Crippen molar-refractivity contribution >= 4 is 88.0 Å². The Kier molecular flexibility index (Phi) is 7.46. The van der Waals surface area contributed by atoms with Crippen LogP contribution in [0.1, 0.15) is 24.3 Å². The average molecular weight is 835 g/mol. The van der Waals surface area contributed by atoms with E-state index in [1.165, 1.54) is 18.1 Å². The number of allylic oxidation sites excluding steroid dienone is 6. The van der Waals surface area contributed by atoms with Crippen molar-refractivity contribution in [1.29, 1.82) is 0 Å². The zero-order chi connectivity index (χ0) is 33.6. The molecule has 0 spiro atoms. The number of phenolic OH excluding ortho intramolecular Hbond substituents is 1. The lowest BCUT2D eigenvalue weighted by atomic mass is 9.59. The summed E-state index contributed by atoms with van der Waals surface area (Å²) in [5.41, 5.74) is 4.48. The van der Waals surface area contributed by atoms with Crippen molar-refractivity contribution in [2.75, 3.05) is 12.0 Å². The van der Waals surface area contributed by atoms with E-state index < -0.39 is 23.7 Å². The molecule has 0 unspecified atom stereocenters.